The molecule has 0 aliphatic carbocycles. The normalized spacial score (nSPS) is 14.5. The van der Waals surface area contributed by atoms with E-state index in [0.29, 0.717) is 17.7 Å². The minimum Gasteiger partial charge on any atom is -0.434 e. The van der Waals surface area contributed by atoms with E-state index >= 15 is 0 Å². The molecule has 0 spiro atoms. The second-order valence-corrected chi connectivity index (χ2v) is 11.6. The Morgan fingerprint density at radius 1 is 0.841 bits per heavy atom. The molecule has 44 heavy (non-hydrogen) atoms. The smallest absolute Gasteiger partial charge is 0.434 e. The first-order valence-corrected chi connectivity index (χ1v) is 16.1. The number of fused-ring (bicyclic) bond motifs is 1. The van der Waals surface area contributed by atoms with E-state index in [-0.39, 0.29) is 0 Å². The number of ether oxygens (including phenoxy) is 2. The number of aromatic nitrogens is 1. The number of carbonyl (C=O) groups is 1. The first kappa shape index (κ1) is 31.4. The summed E-state index contributed by atoms with van der Waals surface area (Å²) in [5.74, 6) is -0.559. The topological polar surface area (TPSA) is 77.1 Å². The molecule has 5 rings (SSSR count). The zero-order chi connectivity index (χ0) is 30.7. The lowest BCUT2D eigenvalue weighted by atomic mass is 10.0. The molecule has 1 aromatic heterocycles. The van der Waals surface area contributed by atoms with Gasteiger partial charge >= 0.3 is 11.9 Å². The van der Waals surface area contributed by atoms with E-state index in [1.807, 2.05) is 24.3 Å². The maximum absolute atomic E-state index is 12.9. The molecule has 1 aliphatic heterocycles. The summed E-state index contributed by atoms with van der Waals surface area (Å²) < 4.78 is 17.8. The summed E-state index contributed by atoms with van der Waals surface area (Å²) in [5, 5.41) is 0. The fourth-order valence-electron chi connectivity index (χ4n) is 5.96. The summed E-state index contributed by atoms with van der Waals surface area (Å²) in [5.41, 5.74) is 5.72. The number of oxazole rings is 1. The Kier molecular flexibility index (Phi) is 11.1. The lowest BCUT2D eigenvalue weighted by Gasteiger charge is -2.36. The molecular weight excluding hydrogens is 554 g/mol. The van der Waals surface area contributed by atoms with Gasteiger partial charge in [0.2, 0.25) is 0 Å². The third kappa shape index (κ3) is 8.11. The first-order valence-electron chi connectivity index (χ1n) is 16.1. The van der Waals surface area contributed by atoms with Gasteiger partial charge in [-0.15, -0.1) is 0 Å². The van der Waals surface area contributed by atoms with E-state index in [4.69, 9.17) is 13.9 Å². The molecule has 0 N–H and O–H groups in total. The van der Waals surface area contributed by atoms with Gasteiger partial charge in [0.25, 0.3) is 0 Å². The zero-order valence-electron chi connectivity index (χ0n) is 26.1. The van der Waals surface area contributed by atoms with Crippen molar-refractivity contribution >= 4 is 22.9 Å². The number of nitrogens with zero attached hydrogens (tertiary/aromatic N) is 3. The summed E-state index contributed by atoms with van der Waals surface area (Å²) in [6.07, 6.45) is 6.32. The van der Waals surface area contributed by atoms with Crippen molar-refractivity contribution in [3.05, 3.63) is 88.9 Å². The van der Waals surface area contributed by atoms with Crippen LogP contribution in [0.2, 0.25) is 0 Å². The molecule has 0 bridgehead atoms. The van der Waals surface area contributed by atoms with Crippen LogP contribution in [0.5, 0.6) is 0 Å². The van der Waals surface area contributed by atoms with Crippen LogP contribution in [0.15, 0.2) is 82.0 Å². The molecule has 0 amide bonds. The molecule has 8 nitrogen and oxygen atoms in total. The van der Waals surface area contributed by atoms with E-state index in [1.165, 1.54) is 46.9 Å². The number of anilines is 1. The number of unbranched alkanes of at least 4 members (excludes halogenated alkanes) is 6. The maximum atomic E-state index is 12.9. The molecule has 1 saturated heterocycles. The lowest BCUT2D eigenvalue weighted by molar-refractivity contribution is 0.00249. The number of hydrogen-bond donors (Lipinski definition) is 0. The van der Waals surface area contributed by atoms with Crippen LogP contribution in [0.3, 0.4) is 0 Å². The van der Waals surface area contributed by atoms with Crippen LogP contribution >= 0.6 is 0 Å². The average molecular weight is 600 g/mol. The summed E-state index contributed by atoms with van der Waals surface area (Å²) >= 11 is 0. The Balaban J connectivity index is 1.15. The third-order valence-corrected chi connectivity index (χ3v) is 8.37. The van der Waals surface area contributed by atoms with Crippen LogP contribution in [0.4, 0.5) is 10.5 Å². The molecule has 8 heteroatoms. The minimum absolute atomic E-state index is 0.314. The van der Waals surface area contributed by atoms with Crippen molar-refractivity contribution in [3.63, 3.8) is 0 Å². The number of hydrogen-bond acceptors (Lipinski definition) is 7. The molecule has 0 radical (unpaired) electrons. The molecule has 2 heterocycles. The predicted molar refractivity (Wildman–Crippen MR) is 175 cm³/mol. The number of para-hydroxylation sites is 1. The van der Waals surface area contributed by atoms with E-state index in [0.717, 1.165) is 57.7 Å². The Morgan fingerprint density at radius 3 is 2.32 bits per heavy atom. The Labute approximate surface area is 260 Å². The first-order chi connectivity index (χ1) is 21.5. The van der Waals surface area contributed by atoms with Gasteiger partial charge in [-0.2, -0.15) is 0 Å². The van der Waals surface area contributed by atoms with Crippen molar-refractivity contribution in [1.82, 2.24) is 9.47 Å². The molecule has 1 atom stereocenters. The standard InChI is InChI=1S/C36H45N3O5/c1-3-4-5-6-7-8-12-25-42-36(41)43-28(2)39-33-20-14-19-32(34(33)44-35(39)40)38-23-21-37(22-24-38)27-29-15-13-18-31(26-29)30-16-10-9-11-17-30/h9-11,13-20,26,28H,3-8,12,21-25,27H2,1-2H3. The van der Waals surface area contributed by atoms with Crippen LogP contribution in [-0.4, -0.2) is 48.4 Å². The highest BCUT2D eigenvalue weighted by molar-refractivity contribution is 5.87. The van der Waals surface area contributed by atoms with E-state index in [2.05, 4.69) is 65.3 Å². The van der Waals surface area contributed by atoms with Gasteiger partial charge in [-0.25, -0.2) is 14.2 Å². The van der Waals surface area contributed by atoms with Gasteiger partial charge < -0.3 is 18.8 Å². The van der Waals surface area contributed by atoms with Crippen molar-refractivity contribution in [2.75, 3.05) is 37.7 Å². The van der Waals surface area contributed by atoms with Crippen LogP contribution in [0.1, 0.15) is 70.6 Å². The third-order valence-electron chi connectivity index (χ3n) is 8.37. The van der Waals surface area contributed by atoms with Crippen LogP contribution in [0, 0.1) is 0 Å². The van der Waals surface area contributed by atoms with Gasteiger partial charge in [0, 0.05) is 32.7 Å². The maximum Gasteiger partial charge on any atom is 0.510 e. The fourth-order valence-corrected chi connectivity index (χ4v) is 5.96. The predicted octanol–water partition coefficient (Wildman–Crippen LogP) is 8.01. The van der Waals surface area contributed by atoms with Gasteiger partial charge in [-0.3, -0.25) is 4.90 Å². The molecule has 3 aromatic carbocycles. The second kappa shape index (κ2) is 15.6. The van der Waals surface area contributed by atoms with Crippen molar-refractivity contribution < 1.29 is 18.7 Å². The molecule has 1 fully saturated rings. The molecular formula is C36H45N3O5. The van der Waals surface area contributed by atoms with E-state index in [9.17, 15) is 9.59 Å². The van der Waals surface area contributed by atoms with Crippen LogP contribution in [0.25, 0.3) is 22.2 Å². The summed E-state index contributed by atoms with van der Waals surface area (Å²) in [6, 6.07) is 24.9. The number of carbonyl (C=O) groups excluding carboxylic acids is 1. The van der Waals surface area contributed by atoms with Gasteiger partial charge in [0.1, 0.15) is 0 Å². The van der Waals surface area contributed by atoms with Crippen molar-refractivity contribution in [2.45, 2.75) is 71.6 Å². The average Bonchev–Trinajstić information content (AvgIpc) is 3.39. The van der Waals surface area contributed by atoms with Crippen molar-refractivity contribution in [1.29, 1.82) is 0 Å². The number of rotatable bonds is 14. The van der Waals surface area contributed by atoms with Gasteiger partial charge in [-0.1, -0.05) is 100 Å². The van der Waals surface area contributed by atoms with Gasteiger partial charge in [0.05, 0.1) is 17.8 Å². The van der Waals surface area contributed by atoms with E-state index in [1.54, 1.807) is 6.92 Å². The summed E-state index contributed by atoms with van der Waals surface area (Å²) in [6.45, 7) is 8.46. The van der Waals surface area contributed by atoms with Crippen LogP contribution in [-0.2, 0) is 16.0 Å². The lowest BCUT2D eigenvalue weighted by Crippen LogP contribution is -2.46. The van der Waals surface area contributed by atoms with Crippen molar-refractivity contribution in [2.24, 2.45) is 0 Å². The minimum atomic E-state index is -0.857. The highest BCUT2D eigenvalue weighted by atomic mass is 16.7. The SMILES string of the molecule is CCCCCCCCCOC(=O)OC(C)n1c(=O)oc2c(N3CCN(Cc4cccc(-c5ccccc5)c4)CC3)cccc21. The highest BCUT2D eigenvalue weighted by Crippen LogP contribution is 2.29. The summed E-state index contributed by atoms with van der Waals surface area (Å²) in [4.78, 5) is 30.0. The van der Waals surface area contributed by atoms with Crippen molar-refractivity contribution in [3.8, 4) is 11.1 Å². The number of piperazine rings is 1. The van der Waals surface area contributed by atoms with Gasteiger partial charge in [-0.05, 0) is 48.2 Å². The Hall–Kier alpha value is -4.04. The fraction of sp³-hybridized carbons (Fsp3) is 0.444. The Morgan fingerprint density at radius 2 is 1.55 bits per heavy atom. The zero-order valence-corrected chi connectivity index (χ0v) is 26.1. The number of benzene rings is 3. The molecule has 1 unspecified atom stereocenters. The van der Waals surface area contributed by atoms with Gasteiger partial charge in [0.15, 0.2) is 11.8 Å². The molecule has 0 saturated carbocycles. The second-order valence-electron chi connectivity index (χ2n) is 11.6. The largest absolute Gasteiger partial charge is 0.510 e. The van der Waals surface area contributed by atoms with Crippen LogP contribution < -0.4 is 10.7 Å². The molecule has 1 aliphatic rings. The highest BCUT2D eigenvalue weighted by Gasteiger charge is 2.24. The summed E-state index contributed by atoms with van der Waals surface area (Å²) in [7, 11) is 0. The molecule has 4 aromatic rings. The quantitative estimate of drug-likeness (QED) is 0.107. The monoisotopic (exact) mass is 599 g/mol. The van der Waals surface area contributed by atoms with E-state index < -0.39 is 18.1 Å². The molecule has 234 valence electrons. The Bertz CT molecular complexity index is 1540.